The second kappa shape index (κ2) is 8.39. The minimum absolute atomic E-state index is 0.0911. The molecular formula is C20H27N3O5S2. The number of hydrogen-bond donors (Lipinski definition) is 0. The topological polar surface area (TPSA) is 95.1 Å². The minimum atomic E-state index is -3.53. The maximum Gasteiger partial charge on any atom is 0.252 e. The smallest absolute Gasteiger partial charge is 0.252 e. The Balaban J connectivity index is 1.30. The molecule has 0 radical (unpaired) electrons. The first-order valence-corrected chi connectivity index (χ1v) is 12.7. The SMILES string of the molecule is Cc1ccc(S(=O)(=O)N2CCN(C(=O)CCN3C(=O)[C@H]4CCCC[C@H]4C3=O)CC2)s1. The zero-order valence-corrected chi connectivity index (χ0v) is 18.7. The number of fused-ring (bicyclic) bond motifs is 1. The Labute approximate surface area is 180 Å². The van der Waals surface area contributed by atoms with E-state index in [0.717, 1.165) is 30.6 Å². The van der Waals surface area contributed by atoms with Gasteiger partial charge in [-0.1, -0.05) is 12.8 Å². The lowest BCUT2D eigenvalue weighted by atomic mass is 9.81. The van der Waals surface area contributed by atoms with E-state index in [9.17, 15) is 22.8 Å². The molecule has 2 atom stereocenters. The Kier molecular flexibility index (Phi) is 6.00. The minimum Gasteiger partial charge on any atom is -0.340 e. The molecule has 164 valence electrons. The van der Waals surface area contributed by atoms with Crippen LogP contribution in [0.3, 0.4) is 0 Å². The number of amides is 3. The fourth-order valence-corrected chi connectivity index (χ4v) is 7.53. The van der Waals surface area contributed by atoms with Crippen LogP contribution in [0.5, 0.6) is 0 Å². The molecule has 0 unspecified atom stereocenters. The molecule has 0 aromatic carbocycles. The van der Waals surface area contributed by atoms with Crippen molar-refractivity contribution in [2.24, 2.45) is 11.8 Å². The summed E-state index contributed by atoms with van der Waals surface area (Å²) in [5, 5.41) is 0. The molecule has 3 aliphatic rings. The molecule has 4 rings (SSSR count). The van der Waals surface area contributed by atoms with Crippen LogP contribution in [-0.2, 0) is 24.4 Å². The lowest BCUT2D eigenvalue weighted by Crippen LogP contribution is -2.50. The summed E-state index contributed by atoms with van der Waals surface area (Å²) in [7, 11) is -3.53. The number of sulfonamides is 1. The number of nitrogens with zero attached hydrogens (tertiary/aromatic N) is 3. The lowest BCUT2D eigenvalue weighted by molar-refractivity contribution is -0.141. The first kappa shape index (κ1) is 21.5. The van der Waals surface area contributed by atoms with Gasteiger partial charge in [0.25, 0.3) is 10.0 Å². The summed E-state index contributed by atoms with van der Waals surface area (Å²) >= 11 is 1.25. The number of hydrogen-bond acceptors (Lipinski definition) is 6. The van der Waals surface area contributed by atoms with E-state index in [0.29, 0.717) is 17.3 Å². The second-order valence-corrected chi connectivity index (χ2v) is 11.7. The number of carbonyl (C=O) groups is 3. The van der Waals surface area contributed by atoms with E-state index >= 15 is 0 Å². The van der Waals surface area contributed by atoms with Crippen molar-refractivity contribution in [2.45, 2.75) is 43.2 Å². The van der Waals surface area contributed by atoms with Gasteiger partial charge < -0.3 is 4.90 Å². The van der Waals surface area contributed by atoms with Gasteiger partial charge in [-0.3, -0.25) is 19.3 Å². The first-order valence-electron chi connectivity index (χ1n) is 10.5. The number of thiophene rings is 1. The zero-order valence-electron chi connectivity index (χ0n) is 17.1. The summed E-state index contributed by atoms with van der Waals surface area (Å²) in [5.74, 6) is -0.791. The van der Waals surface area contributed by atoms with Crippen LogP contribution in [0.1, 0.15) is 37.0 Å². The molecule has 3 fully saturated rings. The summed E-state index contributed by atoms with van der Waals surface area (Å²) in [5.41, 5.74) is 0. The van der Waals surface area contributed by atoms with Crippen LogP contribution in [0.4, 0.5) is 0 Å². The van der Waals surface area contributed by atoms with E-state index in [1.807, 2.05) is 6.92 Å². The van der Waals surface area contributed by atoms with Crippen molar-refractivity contribution in [1.82, 2.24) is 14.1 Å². The van der Waals surface area contributed by atoms with Gasteiger partial charge in [0.2, 0.25) is 17.7 Å². The lowest BCUT2D eigenvalue weighted by Gasteiger charge is -2.34. The van der Waals surface area contributed by atoms with Crippen molar-refractivity contribution in [1.29, 1.82) is 0 Å². The Bertz CT molecular complexity index is 925. The highest BCUT2D eigenvalue weighted by Crippen LogP contribution is 2.38. The van der Waals surface area contributed by atoms with Crippen LogP contribution in [0, 0.1) is 18.8 Å². The van der Waals surface area contributed by atoms with E-state index in [4.69, 9.17) is 0 Å². The largest absolute Gasteiger partial charge is 0.340 e. The van der Waals surface area contributed by atoms with Gasteiger partial charge in [0.15, 0.2) is 0 Å². The third-order valence-corrected chi connectivity index (χ3v) is 9.75. The van der Waals surface area contributed by atoms with Gasteiger partial charge in [-0.2, -0.15) is 4.31 Å². The van der Waals surface area contributed by atoms with Crippen LogP contribution in [0.25, 0.3) is 0 Å². The van der Waals surface area contributed by atoms with E-state index in [2.05, 4.69) is 0 Å². The second-order valence-electron chi connectivity index (χ2n) is 8.23. The molecule has 30 heavy (non-hydrogen) atoms. The maximum atomic E-state index is 12.7. The van der Waals surface area contributed by atoms with E-state index in [1.54, 1.807) is 17.0 Å². The van der Waals surface area contributed by atoms with Gasteiger partial charge in [0.05, 0.1) is 11.8 Å². The average Bonchev–Trinajstić information content (AvgIpc) is 3.29. The van der Waals surface area contributed by atoms with Gasteiger partial charge in [0, 0.05) is 44.0 Å². The molecule has 1 aromatic rings. The predicted octanol–water partition coefficient (Wildman–Crippen LogP) is 1.45. The molecule has 1 aromatic heterocycles. The summed E-state index contributed by atoms with van der Waals surface area (Å²) in [6.45, 7) is 3.11. The van der Waals surface area contributed by atoms with Crippen LogP contribution >= 0.6 is 11.3 Å². The Morgan fingerprint density at radius 2 is 1.63 bits per heavy atom. The molecule has 10 heteroatoms. The van der Waals surface area contributed by atoms with Crippen molar-refractivity contribution in [2.75, 3.05) is 32.7 Å². The molecule has 0 N–H and O–H groups in total. The Morgan fingerprint density at radius 3 is 2.17 bits per heavy atom. The van der Waals surface area contributed by atoms with Crippen molar-refractivity contribution in [3.8, 4) is 0 Å². The van der Waals surface area contributed by atoms with Crippen LogP contribution in [0.2, 0.25) is 0 Å². The fraction of sp³-hybridized carbons (Fsp3) is 0.650. The van der Waals surface area contributed by atoms with Crippen molar-refractivity contribution < 1.29 is 22.8 Å². The van der Waals surface area contributed by atoms with Crippen LogP contribution in [-0.4, -0.2) is 73.0 Å². The first-order chi connectivity index (χ1) is 14.3. The quantitative estimate of drug-likeness (QED) is 0.629. The number of aryl methyl sites for hydroxylation is 1. The molecular weight excluding hydrogens is 426 g/mol. The van der Waals surface area contributed by atoms with Crippen LogP contribution < -0.4 is 0 Å². The fourth-order valence-electron chi connectivity index (χ4n) is 4.67. The highest BCUT2D eigenvalue weighted by atomic mass is 32.2. The highest BCUT2D eigenvalue weighted by Gasteiger charge is 2.48. The van der Waals surface area contributed by atoms with Gasteiger partial charge in [-0.25, -0.2) is 8.42 Å². The van der Waals surface area contributed by atoms with Crippen molar-refractivity contribution in [3.05, 3.63) is 17.0 Å². The maximum absolute atomic E-state index is 12.7. The molecule has 2 aliphatic heterocycles. The average molecular weight is 454 g/mol. The molecule has 3 amide bonds. The highest BCUT2D eigenvalue weighted by molar-refractivity contribution is 7.91. The number of piperazine rings is 1. The third-order valence-electron chi connectivity index (χ3n) is 6.38. The molecule has 8 nitrogen and oxygen atoms in total. The predicted molar refractivity (Wildman–Crippen MR) is 111 cm³/mol. The molecule has 2 saturated heterocycles. The van der Waals surface area contributed by atoms with Gasteiger partial charge in [-0.15, -0.1) is 11.3 Å². The van der Waals surface area contributed by atoms with Gasteiger partial charge >= 0.3 is 0 Å². The summed E-state index contributed by atoms with van der Waals surface area (Å²) in [6.07, 6.45) is 3.57. The number of rotatable bonds is 5. The summed E-state index contributed by atoms with van der Waals surface area (Å²) < 4.78 is 27.2. The Morgan fingerprint density at radius 1 is 1.03 bits per heavy atom. The number of imide groups is 1. The van der Waals surface area contributed by atoms with Crippen LogP contribution in [0.15, 0.2) is 16.3 Å². The standard InChI is InChI=1S/C20H27N3O5S2/c1-14-6-7-18(29-14)30(27,28)22-12-10-21(11-13-22)17(24)8-9-23-19(25)15-4-2-3-5-16(15)20(23)26/h6-7,15-16H,2-5,8-13H2,1H3/t15-,16+. The van der Waals surface area contributed by atoms with E-state index < -0.39 is 10.0 Å². The van der Waals surface area contributed by atoms with Crippen molar-refractivity contribution in [3.63, 3.8) is 0 Å². The normalized spacial score (nSPS) is 25.6. The monoisotopic (exact) mass is 453 g/mol. The van der Waals surface area contributed by atoms with Gasteiger partial charge in [-0.05, 0) is 31.9 Å². The molecule has 1 aliphatic carbocycles. The third kappa shape index (κ3) is 3.92. The molecule has 1 saturated carbocycles. The number of likely N-dealkylation sites (tertiary alicyclic amines) is 1. The van der Waals surface area contributed by atoms with Crippen molar-refractivity contribution >= 4 is 39.1 Å². The Hall–Kier alpha value is -1.78. The van der Waals surface area contributed by atoms with E-state index in [1.165, 1.54) is 20.5 Å². The zero-order chi connectivity index (χ0) is 21.5. The number of carbonyl (C=O) groups excluding carboxylic acids is 3. The summed E-state index contributed by atoms with van der Waals surface area (Å²) in [6, 6.07) is 3.41. The molecule has 0 spiro atoms. The van der Waals surface area contributed by atoms with E-state index in [-0.39, 0.29) is 55.6 Å². The van der Waals surface area contributed by atoms with Gasteiger partial charge in [0.1, 0.15) is 4.21 Å². The molecule has 0 bridgehead atoms. The summed E-state index contributed by atoms with van der Waals surface area (Å²) in [4.78, 5) is 41.5. The molecule has 3 heterocycles.